The van der Waals surface area contributed by atoms with Gasteiger partial charge in [0.05, 0.1) is 11.9 Å². The molecule has 0 aliphatic heterocycles. The van der Waals surface area contributed by atoms with E-state index in [0.29, 0.717) is 12.2 Å². The minimum Gasteiger partial charge on any atom is -0.354 e. The van der Waals surface area contributed by atoms with Gasteiger partial charge in [0.15, 0.2) is 0 Å². The molecule has 0 saturated heterocycles. The van der Waals surface area contributed by atoms with Crippen LogP contribution in [0.3, 0.4) is 0 Å². The lowest BCUT2D eigenvalue weighted by molar-refractivity contribution is -0.139. The average Bonchev–Trinajstić information content (AvgIpc) is 2.77. The lowest BCUT2D eigenvalue weighted by atomic mass is 9.87. The number of carbonyl (C=O) groups excluding carboxylic acids is 2. The maximum absolute atomic E-state index is 13.5. The molecule has 35 heavy (non-hydrogen) atoms. The number of benzene rings is 2. The maximum atomic E-state index is 13.5. The lowest BCUT2D eigenvalue weighted by Gasteiger charge is -2.31. The molecule has 0 fully saturated rings. The van der Waals surface area contributed by atoms with Crippen molar-refractivity contribution in [3.8, 4) is 0 Å². The second-order valence-corrected chi connectivity index (χ2v) is 12.0. The van der Waals surface area contributed by atoms with E-state index in [9.17, 15) is 18.0 Å². The fourth-order valence-corrected chi connectivity index (χ4v) is 4.58. The van der Waals surface area contributed by atoms with Crippen LogP contribution in [0.5, 0.6) is 0 Å². The SMILES string of the molecule is CCCNC(=O)[C@H](C)N(Cc1cccc(C)c1)C(=O)CN(c1ccc(C(C)(C)C)cc1)S(C)(=O)=O. The van der Waals surface area contributed by atoms with Gasteiger partial charge in [-0.1, -0.05) is 69.7 Å². The van der Waals surface area contributed by atoms with E-state index in [1.54, 1.807) is 19.1 Å². The Labute approximate surface area is 210 Å². The molecule has 1 atom stereocenters. The first-order valence-corrected chi connectivity index (χ1v) is 13.8. The van der Waals surface area contributed by atoms with Gasteiger partial charge in [-0.2, -0.15) is 0 Å². The number of hydrogen-bond donors (Lipinski definition) is 1. The van der Waals surface area contributed by atoms with E-state index in [2.05, 4.69) is 26.1 Å². The van der Waals surface area contributed by atoms with Gasteiger partial charge in [-0.05, 0) is 48.9 Å². The van der Waals surface area contributed by atoms with Crippen molar-refractivity contribution in [3.05, 3.63) is 65.2 Å². The number of hydrogen-bond acceptors (Lipinski definition) is 4. The molecule has 0 bridgehead atoms. The predicted octanol–water partition coefficient (Wildman–Crippen LogP) is 4.00. The highest BCUT2D eigenvalue weighted by molar-refractivity contribution is 7.92. The normalized spacial score (nSPS) is 12.7. The fourth-order valence-electron chi connectivity index (χ4n) is 3.73. The van der Waals surface area contributed by atoms with Crippen LogP contribution in [0.1, 0.15) is 57.7 Å². The van der Waals surface area contributed by atoms with Crippen LogP contribution in [0.4, 0.5) is 5.69 Å². The van der Waals surface area contributed by atoms with E-state index < -0.39 is 28.5 Å². The number of amides is 2. The predicted molar refractivity (Wildman–Crippen MR) is 142 cm³/mol. The Bertz CT molecular complexity index is 1120. The van der Waals surface area contributed by atoms with Gasteiger partial charge in [0.1, 0.15) is 12.6 Å². The van der Waals surface area contributed by atoms with Gasteiger partial charge in [-0.3, -0.25) is 13.9 Å². The number of aryl methyl sites for hydroxylation is 1. The third kappa shape index (κ3) is 8.09. The monoisotopic (exact) mass is 501 g/mol. The fraction of sp³-hybridized carbons (Fsp3) is 0.481. The van der Waals surface area contributed by atoms with Crippen LogP contribution in [0.15, 0.2) is 48.5 Å². The smallest absolute Gasteiger partial charge is 0.244 e. The topological polar surface area (TPSA) is 86.8 Å². The summed E-state index contributed by atoms with van der Waals surface area (Å²) in [7, 11) is -3.75. The molecular formula is C27H39N3O4S. The second kappa shape index (κ2) is 11.7. The van der Waals surface area contributed by atoms with Gasteiger partial charge in [0.25, 0.3) is 0 Å². The Morgan fingerprint density at radius 2 is 1.69 bits per heavy atom. The number of carbonyl (C=O) groups is 2. The van der Waals surface area contributed by atoms with Crippen LogP contribution in [0.25, 0.3) is 0 Å². The Kier molecular flexibility index (Phi) is 9.49. The average molecular weight is 502 g/mol. The Hall–Kier alpha value is -2.87. The van der Waals surface area contributed by atoms with Gasteiger partial charge in [-0.25, -0.2) is 8.42 Å². The first-order valence-electron chi connectivity index (χ1n) is 11.9. The zero-order chi connectivity index (χ0) is 26.4. The molecule has 2 amide bonds. The highest BCUT2D eigenvalue weighted by Gasteiger charge is 2.30. The summed E-state index contributed by atoms with van der Waals surface area (Å²) in [6.07, 6.45) is 1.86. The van der Waals surface area contributed by atoms with Crippen molar-refractivity contribution in [2.45, 2.75) is 66.0 Å². The summed E-state index contributed by atoms with van der Waals surface area (Å²) in [6.45, 7) is 12.1. The molecule has 0 unspecified atom stereocenters. The van der Waals surface area contributed by atoms with E-state index >= 15 is 0 Å². The van der Waals surface area contributed by atoms with Crippen LogP contribution >= 0.6 is 0 Å². The molecule has 192 valence electrons. The zero-order valence-electron chi connectivity index (χ0n) is 22.0. The highest BCUT2D eigenvalue weighted by atomic mass is 32.2. The molecule has 2 aromatic carbocycles. The number of rotatable bonds is 10. The number of sulfonamides is 1. The van der Waals surface area contributed by atoms with E-state index in [0.717, 1.165) is 33.7 Å². The second-order valence-electron chi connectivity index (χ2n) is 10.0. The lowest BCUT2D eigenvalue weighted by Crippen LogP contribution is -2.51. The van der Waals surface area contributed by atoms with E-state index in [1.807, 2.05) is 50.2 Å². The summed E-state index contributed by atoms with van der Waals surface area (Å²) in [6, 6.07) is 14.1. The molecule has 0 aliphatic carbocycles. The molecular weight excluding hydrogens is 462 g/mol. The van der Waals surface area contributed by atoms with Gasteiger partial charge < -0.3 is 10.2 Å². The number of nitrogens with zero attached hydrogens (tertiary/aromatic N) is 2. The van der Waals surface area contributed by atoms with Crippen molar-refractivity contribution in [3.63, 3.8) is 0 Å². The van der Waals surface area contributed by atoms with Crippen molar-refractivity contribution in [2.24, 2.45) is 0 Å². The molecule has 8 heteroatoms. The molecule has 0 spiro atoms. The first kappa shape index (κ1) is 28.4. The van der Waals surface area contributed by atoms with Crippen molar-refractivity contribution in [1.82, 2.24) is 10.2 Å². The van der Waals surface area contributed by atoms with E-state index in [1.165, 1.54) is 4.90 Å². The zero-order valence-corrected chi connectivity index (χ0v) is 22.8. The van der Waals surface area contributed by atoms with Crippen molar-refractivity contribution in [1.29, 1.82) is 0 Å². The molecule has 0 saturated carbocycles. The molecule has 2 rings (SSSR count). The van der Waals surface area contributed by atoms with E-state index in [-0.39, 0.29) is 17.9 Å². The molecule has 0 heterocycles. The Morgan fingerprint density at radius 1 is 1.06 bits per heavy atom. The largest absolute Gasteiger partial charge is 0.354 e. The molecule has 1 N–H and O–H groups in total. The van der Waals surface area contributed by atoms with Gasteiger partial charge in [-0.15, -0.1) is 0 Å². The van der Waals surface area contributed by atoms with Gasteiger partial charge >= 0.3 is 0 Å². The van der Waals surface area contributed by atoms with Crippen molar-refractivity contribution < 1.29 is 18.0 Å². The van der Waals surface area contributed by atoms with Gasteiger partial charge in [0.2, 0.25) is 21.8 Å². The van der Waals surface area contributed by atoms with Crippen LogP contribution in [0, 0.1) is 6.92 Å². The summed E-state index contributed by atoms with van der Waals surface area (Å²) in [5, 5.41) is 2.84. The quantitative estimate of drug-likeness (QED) is 0.533. The molecule has 7 nitrogen and oxygen atoms in total. The number of nitrogens with one attached hydrogen (secondary N) is 1. The number of anilines is 1. The molecule has 0 aliphatic rings. The third-order valence-corrected chi connectivity index (χ3v) is 6.99. The van der Waals surface area contributed by atoms with Crippen LogP contribution in [-0.4, -0.2) is 50.5 Å². The molecule has 0 radical (unpaired) electrons. The van der Waals surface area contributed by atoms with Crippen molar-refractivity contribution >= 4 is 27.5 Å². The summed E-state index contributed by atoms with van der Waals surface area (Å²) < 4.78 is 26.5. The standard InChI is InChI=1S/C27H39N3O4S/c1-8-16-28-26(32)21(3)29(18-22-11-9-10-20(2)17-22)25(31)19-30(35(7,33)34)24-14-12-23(13-15-24)27(4,5)6/h9-15,17,21H,8,16,18-19H2,1-7H3,(H,28,32)/t21-/m0/s1. The molecule has 0 aromatic heterocycles. The minimum atomic E-state index is -3.75. The van der Waals surface area contributed by atoms with E-state index in [4.69, 9.17) is 0 Å². The Balaban J connectivity index is 2.38. The van der Waals surface area contributed by atoms with Crippen molar-refractivity contribution in [2.75, 3.05) is 23.7 Å². The summed E-state index contributed by atoms with van der Waals surface area (Å²) in [5.41, 5.74) is 3.29. The summed E-state index contributed by atoms with van der Waals surface area (Å²) in [5.74, 6) is -0.718. The van der Waals surface area contributed by atoms with Crippen LogP contribution in [0.2, 0.25) is 0 Å². The van der Waals surface area contributed by atoms with Crippen LogP contribution < -0.4 is 9.62 Å². The highest BCUT2D eigenvalue weighted by Crippen LogP contribution is 2.26. The summed E-state index contributed by atoms with van der Waals surface area (Å²) >= 11 is 0. The minimum absolute atomic E-state index is 0.0871. The summed E-state index contributed by atoms with van der Waals surface area (Å²) in [4.78, 5) is 27.7. The van der Waals surface area contributed by atoms with Gasteiger partial charge in [0, 0.05) is 13.1 Å². The van der Waals surface area contributed by atoms with Crippen LogP contribution in [-0.2, 0) is 31.6 Å². The first-order chi connectivity index (χ1) is 16.2. The Morgan fingerprint density at radius 3 is 2.20 bits per heavy atom. The maximum Gasteiger partial charge on any atom is 0.244 e. The third-order valence-electron chi connectivity index (χ3n) is 5.85. The molecule has 2 aromatic rings.